The van der Waals surface area contributed by atoms with Crippen LogP contribution in [0, 0.1) is 5.92 Å². The second-order valence-corrected chi connectivity index (χ2v) is 5.77. The van der Waals surface area contributed by atoms with Crippen LogP contribution < -0.4 is 5.32 Å². The summed E-state index contributed by atoms with van der Waals surface area (Å²) in [4.78, 5) is 11.2. The fourth-order valence-electron chi connectivity index (χ4n) is 2.37. The Morgan fingerprint density at radius 2 is 2.18 bits per heavy atom. The van der Waals surface area contributed by atoms with Gasteiger partial charge in [-0.05, 0) is 35.8 Å². The lowest BCUT2D eigenvalue weighted by molar-refractivity contribution is -0.120. The average molecular weight is 249 g/mol. The molecule has 1 saturated heterocycles. The molecule has 0 saturated carbocycles. The molecule has 0 radical (unpaired) electrons. The molecule has 1 aromatic rings. The fourth-order valence-corrected chi connectivity index (χ4v) is 3.61. The Hall–Kier alpha value is -0.960. The van der Waals surface area contributed by atoms with Crippen molar-refractivity contribution in [2.75, 3.05) is 11.5 Å². The van der Waals surface area contributed by atoms with Crippen LogP contribution in [0.2, 0.25) is 0 Å². The van der Waals surface area contributed by atoms with Gasteiger partial charge in [0.1, 0.15) is 0 Å². The molecular weight excluding hydrogens is 230 g/mol. The summed E-state index contributed by atoms with van der Waals surface area (Å²) >= 11 is 2.00. The number of hydrogen-bond acceptors (Lipinski definition) is 2. The van der Waals surface area contributed by atoms with Gasteiger partial charge in [0.2, 0.25) is 5.91 Å². The first-order valence-corrected chi connectivity index (χ1v) is 7.30. The van der Waals surface area contributed by atoms with E-state index in [1.165, 1.54) is 5.56 Å². The molecule has 2 nitrogen and oxygen atoms in total. The van der Waals surface area contributed by atoms with Crippen molar-refractivity contribution in [1.82, 2.24) is 5.32 Å². The molecule has 0 spiro atoms. The molecule has 1 heterocycles. The SMILES string of the molecule is CC(=O)N[C@H]1CCSC[C@H]1Cc1ccccc1. The quantitative estimate of drug-likeness (QED) is 0.891. The highest BCUT2D eigenvalue weighted by atomic mass is 32.2. The lowest BCUT2D eigenvalue weighted by atomic mass is 9.91. The molecule has 17 heavy (non-hydrogen) atoms. The Balaban J connectivity index is 1.99. The Kier molecular flexibility index (Phi) is 4.49. The van der Waals surface area contributed by atoms with Gasteiger partial charge in [-0.25, -0.2) is 0 Å². The van der Waals surface area contributed by atoms with Crippen molar-refractivity contribution >= 4 is 17.7 Å². The van der Waals surface area contributed by atoms with Crippen molar-refractivity contribution in [3.63, 3.8) is 0 Å². The van der Waals surface area contributed by atoms with E-state index in [-0.39, 0.29) is 5.91 Å². The predicted octanol–water partition coefficient (Wildman–Crippen LogP) is 2.49. The number of carbonyl (C=O) groups excluding carboxylic acids is 1. The lowest BCUT2D eigenvalue weighted by Crippen LogP contribution is -2.43. The highest BCUT2D eigenvalue weighted by molar-refractivity contribution is 7.99. The molecule has 0 aromatic heterocycles. The zero-order valence-electron chi connectivity index (χ0n) is 10.2. The number of hydrogen-bond donors (Lipinski definition) is 1. The van der Waals surface area contributed by atoms with Gasteiger partial charge in [0.05, 0.1) is 0 Å². The Bertz CT molecular complexity index is 366. The van der Waals surface area contributed by atoms with E-state index in [0.717, 1.165) is 24.3 Å². The van der Waals surface area contributed by atoms with Gasteiger partial charge in [0.15, 0.2) is 0 Å². The summed E-state index contributed by atoms with van der Waals surface area (Å²) in [5.41, 5.74) is 1.37. The average Bonchev–Trinajstić information content (AvgIpc) is 2.32. The van der Waals surface area contributed by atoms with Gasteiger partial charge >= 0.3 is 0 Å². The van der Waals surface area contributed by atoms with Gasteiger partial charge in [-0.2, -0.15) is 11.8 Å². The van der Waals surface area contributed by atoms with Crippen molar-refractivity contribution in [1.29, 1.82) is 0 Å². The molecule has 2 atom stereocenters. The van der Waals surface area contributed by atoms with Crippen molar-refractivity contribution < 1.29 is 4.79 Å². The first-order valence-electron chi connectivity index (χ1n) is 6.14. The van der Waals surface area contributed by atoms with Gasteiger partial charge in [-0.1, -0.05) is 30.3 Å². The third-order valence-electron chi connectivity index (χ3n) is 3.20. The van der Waals surface area contributed by atoms with E-state index in [2.05, 4.69) is 29.6 Å². The van der Waals surface area contributed by atoms with Crippen molar-refractivity contribution in [2.45, 2.75) is 25.8 Å². The first kappa shape index (κ1) is 12.5. The summed E-state index contributed by atoms with van der Waals surface area (Å²) < 4.78 is 0. The predicted molar refractivity (Wildman–Crippen MR) is 73.2 cm³/mol. The largest absolute Gasteiger partial charge is 0.353 e. The fraction of sp³-hybridized carbons (Fsp3) is 0.500. The maximum Gasteiger partial charge on any atom is 0.217 e. The van der Waals surface area contributed by atoms with E-state index in [1.807, 2.05) is 17.8 Å². The molecule has 1 aromatic carbocycles. The number of benzene rings is 1. The summed E-state index contributed by atoms with van der Waals surface area (Å²) in [6, 6.07) is 10.9. The maximum absolute atomic E-state index is 11.2. The van der Waals surface area contributed by atoms with Crippen LogP contribution in [-0.4, -0.2) is 23.5 Å². The van der Waals surface area contributed by atoms with Gasteiger partial charge in [-0.15, -0.1) is 0 Å². The third-order valence-corrected chi connectivity index (χ3v) is 4.39. The molecule has 1 amide bonds. The van der Waals surface area contributed by atoms with Gasteiger partial charge in [0, 0.05) is 13.0 Å². The second-order valence-electron chi connectivity index (χ2n) is 4.62. The van der Waals surface area contributed by atoms with Gasteiger partial charge in [0.25, 0.3) is 0 Å². The highest BCUT2D eigenvalue weighted by Crippen LogP contribution is 2.26. The van der Waals surface area contributed by atoms with Gasteiger partial charge < -0.3 is 5.32 Å². The number of nitrogens with one attached hydrogen (secondary N) is 1. The number of rotatable bonds is 3. The van der Waals surface area contributed by atoms with Crippen LogP contribution in [0.15, 0.2) is 30.3 Å². The molecule has 1 N–H and O–H groups in total. The minimum absolute atomic E-state index is 0.0972. The molecule has 0 unspecified atom stereocenters. The van der Waals surface area contributed by atoms with Crippen molar-refractivity contribution in [3.8, 4) is 0 Å². The van der Waals surface area contributed by atoms with Crippen molar-refractivity contribution in [2.24, 2.45) is 5.92 Å². The molecule has 0 bridgehead atoms. The summed E-state index contributed by atoms with van der Waals surface area (Å²) in [6.07, 6.45) is 2.17. The van der Waals surface area contributed by atoms with E-state index >= 15 is 0 Å². The zero-order valence-corrected chi connectivity index (χ0v) is 11.0. The number of thioether (sulfide) groups is 1. The normalized spacial score (nSPS) is 24.3. The molecule has 2 rings (SSSR count). The topological polar surface area (TPSA) is 29.1 Å². The van der Waals surface area contributed by atoms with Crippen LogP contribution >= 0.6 is 11.8 Å². The van der Waals surface area contributed by atoms with Crippen LogP contribution in [0.5, 0.6) is 0 Å². The van der Waals surface area contributed by atoms with Crippen LogP contribution in [0.3, 0.4) is 0 Å². The van der Waals surface area contributed by atoms with E-state index in [1.54, 1.807) is 6.92 Å². The molecule has 1 aliphatic rings. The standard InChI is InChI=1S/C14H19NOS/c1-11(16)15-14-7-8-17-10-13(14)9-12-5-3-2-4-6-12/h2-6,13-14H,7-10H2,1H3,(H,15,16)/t13-,14+/m1/s1. The minimum Gasteiger partial charge on any atom is -0.353 e. The number of amides is 1. The monoisotopic (exact) mass is 249 g/mol. The summed E-state index contributed by atoms with van der Waals surface area (Å²) in [7, 11) is 0. The molecule has 92 valence electrons. The molecule has 3 heteroatoms. The van der Waals surface area contributed by atoms with Crippen LogP contribution in [0.1, 0.15) is 18.9 Å². The Labute approximate surface area is 107 Å². The van der Waals surface area contributed by atoms with E-state index in [9.17, 15) is 4.79 Å². The second kappa shape index (κ2) is 6.10. The molecule has 1 aliphatic heterocycles. The number of carbonyl (C=O) groups is 1. The van der Waals surface area contributed by atoms with Crippen molar-refractivity contribution in [3.05, 3.63) is 35.9 Å². The Morgan fingerprint density at radius 3 is 2.88 bits per heavy atom. The lowest BCUT2D eigenvalue weighted by Gasteiger charge is -2.31. The van der Waals surface area contributed by atoms with E-state index in [4.69, 9.17) is 0 Å². The third kappa shape index (κ3) is 3.77. The molecular formula is C14H19NOS. The van der Waals surface area contributed by atoms with E-state index < -0.39 is 0 Å². The summed E-state index contributed by atoms with van der Waals surface area (Å²) in [5.74, 6) is 2.98. The van der Waals surface area contributed by atoms with Gasteiger partial charge in [-0.3, -0.25) is 4.79 Å². The molecule has 0 aliphatic carbocycles. The first-order chi connectivity index (χ1) is 8.25. The van der Waals surface area contributed by atoms with Crippen LogP contribution in [0.25, 0.3) is 0 Å². The van der Waals surface area contributed by atoms with Crippen LogP contribution in [-0.2, 0) is 11.2 Å². The minimum atomic E-state index is 0.0972. The zero-order chi connectivity index (χ0) is 12.1. The maximum atomic E-state index is 11.2. The van der Waals surface area contributed by atoms with Crippen LogP contribution in [0.4, 0.5) is 0 Å². The van der Waals surface area contributed by atoms with E-state index in [0.29, 0.717) is 12.0 Å². The Morgan fingerprint density at radius 1 is 1.41 bits per heavy atom. The smallest absolute Gasteiger partial charge is 0.217 e. The highest BCUT2D eigenvalue weighted by Gasteiger charge is 2.25. The molecule has 1 fully saturated rings. The summed E-state index contributed by atoms with van der Waals surface area (Å²) in [6.45, 7) is 1.61. The summed E-state index contributed by atoms with van der Waals surface area (Å²) in [5, 5.41) is 3.10.